The molecular weight excluding hydrogens is 230 g/mol. The molecule has 0 unspecified atom stereocenters. The Balaban J connectivity index is 2.68. The van der Waals surface area contributed by atoms with Gasteiger partial charge in [0.2, 0.25) is 0 Å². The number of nitrogens with zero attached hydrogens (tertiary/aromatic N) is 2. The van der Waals surface area contributed by atoms with E-state index in [9.17, 15) is 13.6 Å². The summed E-state index contributed by atoms with van der Waals surface area (Å²) in [5.41, 5.74) is 5.27. The molecule has 17 heavy (non-hydrogen) atoms. The third-order valence-electron chi connectivity index (χ3n) is 2.35. The maximum absolute atomic E-state index is 13.4. The van der Waals surface area contributed by atoms with Crippen molar-refractivity contribution in [2.75, 3.05) is 0 Å². The highest BCUT2D eigenvalue weighted by atomic mass is 19.1. The van der Waals surface area contributed by atoms with Gasteiger partial charge in [-0.3, -0.25) is 4.79 Å². The summed E-state index contributed by atoms with van der Waals surface area (Å²) in [4.78, 5) is 11.0. The zero-order chi connectivity index (χ0) is 12.6. The van der Waals surface area contributed by atoms with Gasteiger partial charge in [0.05, 0.1) is 0 Å². The molecule has 0 aliphatic carbocycles. The van der Waals surface area contributed by atoms with Crippen molar-refractivity contribution in [1.29, 1.82) is 0 Å². The van der Waals surface area contributed by atoms with Crippen molar-refractivity contribution in [2.24, 2.45) is 5.73 Å². The van der Waals surface area contributed by atoms with E-state index in [2.05, 4.69) is 15.4 Å². The molecule has 5 nitrogen and oxygen atoms in total. The van der Waals surface area contributed by atoms with Crippen molar-refractivity contribution in [1.82, 2.24) is 15.4 Å². The van der Waals surface area contributed by atoms with Crippen molar-refractivity contribution in [3.8, 4) is 11.3 Å². The van der Waals surface area contributed by atoms with Gasteiger partial charge in [-0.15, -0.1) is 0 Å². The van der Waals surface area contributed by atoms with Crippen LogP contribution in [0.5, 0.6) is 0 Å². The summed E-state index contributed by atoms with van der Waals surface area (Å²) < 4.78 is 26.5. The van der Waals surface area contributed by atoms with E-state index in [4.69, 9.17) is 5.73 Å². The summed E-state index contributed by atoms with van der Waals surface area (Å²) >= 11 is 0. The fourth-order valence-corrected chi connectivity index (χ4v) is 1.48. The number of hydrogen-bond donors (Lipinski definition) is 2. The molecule has 1 amide bonds. The number of aromatic nitrogens is 3. The predicted molar refractivity (Wildman–Crippen MR) is 55.0 cm³/mol. The maximum atomic E-state index is 13.4. The first-order chi connectivity index (χ1) is 8.00. The molecule has 2 rings (SSSR count). The van der Waals surface area contributed by atoms with Gasteiger partial charge in [-0.25, -0.2) is 8.78 Å². The van der Waals surface area contributed by atoms with E-state index in [0.29, 0.717) is 0 Å². The Kier molecular flexibility index (Phi) is 2.58. The fraction of sp³-hybridized carbons (Fsp3) is 0.100. The normalized spacial score (nSPS) is 10.5. The van der Waals surface area contributed by atoms with E-state index in [0.717, 1.165) is 12.1 Å². The van der Waals surface area contributed by atoms with Crippen LogP contribution in [0.4, 0.5) is 8.78 Å². The van der Waals surface area contributed by atoms with Gasteiger partial charge < -0.3 is 5.73 Å². The minimum atomic E-state index is -0.821. The van der Waals surface area contributed by atoms with Crippen LogP contribution < -0.4 is 5.73 Å². The average Bonchev–Trinajstić information content (AvgIpc) is 2.72. The molecule has 0 atom stereocenters. The lowest BCUT2D eigenvalue weighted by molar-refractivity contribution is 0.0996. The number of H-pyrrole nitrogens is 1. The summed E-state index contributed by atoms with van der Waals surface area (Å²) in [5.74, 6) is -2.31. The number of amides is 1. The standard InChI is InChI=1S/C10H8F2N4O/c1-4-6(2-5(11)3-7(4)12)8-9(10(13)17)15-16-14-8/h2-3H,1H3,(H2,13,17)(H,14,15,16). The van der Waals surface area contributed by atoms with Crippen LogP contribution in [0.2, 0.25) is 0 Å². The molecule has 0 saturated heterocycles. The van der Waals surface area contributed by atoms with E-state index in [1.54, 1.807) is 0 Å². The average molecular weight is 238 g/mol. The van der Waals surface area contributed by atoms with Gasteiger partial charge >= 0.3 is 0 Å². The molecule has 1 aromatic carbocycles. The van der Waals surface area contributed by atoms with Crippen molar-refractivity contribution in [3.63, 3.8) is 0 Å². The molecule has 0 fully saturated rings. The molecule has 0 radical (unpaired) electrons. The van der Waals surface area contributed by atoms with E-state index < -0.39 is 17.5 Å². The molecule has 7 heteroatoms. The maximum Gasteiger partial charge on any atom is 0.271 e. The minimum absolute atomic E-state index is 0.0356. The lowest BCUT2D eigenvalue weighted by Gasteiger charge is -2.04. The Morgan fingerprint density at radius 2 is 2.06 bits per heavy atom. The minimum Gasteiger partial charge on any atom is -0.364 e. The number of nitrogens with two attached hydrogens (primary N) is 1. The molecule has 0 aliphatic heterocycles. The van der Waals surface area contributed by atoms with Gasteiger partial charge in [0.1, 0.15) is 17.3 Å². The Bertz CT molecular complexity index is 594. The summed E-state index contributed by atoms with van der Waals surface area (Å²) in [6, 6.07) is 1.82. The molecule has 0 aliphatic rings. The Morgan fingerprint density at radius 1 is 1.35 bits per heavy atom. The molecule has 0 saturated carbocycles. The van der Waals surface area contributed by atoms with Crippen molar-refractivity contribution < 1.29 is 13.6 Å². The first-order valence-corrected chi connectivity index (χ1v) is 4.67. The van der Waals surface area contributed by atoms with E-state index in [-0.39, 0.29) is 22.5 Å². The molecule has 0 spiro atoms. The van der Waals surface area contributed by atoms with Gasteiger partial charge in [-0.2, -0.15) is 15.4 Å². The summed E-state index contributed by atoms with van der Waals surface area (Å²) in [6.07, 6.45) is 0. The molecule has 1 aromatic heterocycles. The van der Waals surface area contributed by atoms with Gasteiger partial charge in [-0.1, -0.05) is 0 Å². The van der Waals surface area contributed by atoms with Crippen LogP contribution in [0.25, 0.3) is 11.3 Å². The SMILES string of the molecule is Cc1c(F)cc(F)cc1-c1n[nH]nc1C(N)=O. The number of carbonyl (C=O) groups is 1. The largest absolute Gasteiger partial charge is 0.364 e. The Morgan fingerprint density at radius 3 is 2.71 bits per heavy atom. The van der Waals surface area contributed by atoms with Crippen LogP contribution in [-0.2, 0) is 0 Å². The third-order valence-corrected chi connectivity index (χ3v) is 2.35. The fourth-order valence-electron chi connectivity index (χ4n) is 1.48. The number of rotatable bonds is 2. The number of benzene rings is 1. The lowest BCUT2D eigenvalue weighted by atomic mass is 10.0. The number of halogens is 2. The third kappa shape index (κ3) is 1.86. The summed E-state index contributed by atoms with van der Waals surface area (Å²) in [7, 11) is 0. The van der Waals surface area contributed by atoms with Crippen LogP contribution in [0.15, 0.2) is 12.1 Å². The van der Waals surface area contributed by atoms with E-state index in [1.807, 2.05) is 0 Å². The number of primary amides is 1. The van der Waals surface area contributed by atoms with E-state index >= 15 is 0 Å². The number of carbonyl (C=O) groups excluding carboxylic acids is 1. The van der Waals surface area contributed by atoms with Crippen LogP contribution in [0.3, 0.4) is 0 Å². The van der Waals surface area contributed by atoms with Crippen LogP contribution >= 0.6 is 0 Å². The highest BCUT2D eigenvalue weighted by molar-refractivity contribution is 5.97. The topological polar surface area (TPSA) is 84.7 Å². The molecule has 88 valence electrons. The quantitative estimate of drug-likeness (QED) is 0.823. The second-order valence-electron chi connectivity index (χ2n) is 3.45. The number of aromatic amines is 1. The first kappa shape index (κ1) is 11.2. The highest BCUT2D eigenvalue weighted by Crippen LogP contribution is 2.26. The van der Waals surface area contributed by atoms with Gasteiger partial charge in [0.15, 0.2) is 5.69 Å². The van der Waals surface area contributed by atoms with Crippen LogP contribution in [0.1, 0.15) is 16.1 Å². The monoisotopic (exact) mass is 238 g/mol. The van der Waals surface area contributed by atoms with Crippen molar-refractivity contribution in [3.05, 3.63) is 35.0 Å². The first-order valence-electron chi connectivity index (χ1n) is 4.67. The Labute approximate surface area is 94.6 Å². The van der Waals surface area contributed by atoms with Crippen LogP contribution in [-0.4, -0.2) is 21.3 Å². The number of hydrogen-bond acceptors (Lipinski definition) is 3. The Hall–Kier alpha value is -2.31. The van der Waals surface area contributed by atoms with Crippen molar-refractivity contribution in [2.45, 2.75) is 6.92 Å². The summed E-state index contributed by atoms with van der Waals surface area (Å²) in [6.45, 7) is 1.45. The highest BCUT2D eigenvalue weighted by Gasteiger charge is 2.19. The zero-order valence-electron chi connectivity index (χ0n) is 8.79. The van der Waals surface area contributed by atoms with Crippen molar-refractivity contribution >= 4 is 5.91 Å². The second kappa shape index (κ2) is 3.93. The molecule has 0 bridgehead atoms. The molecule has 2 aromatic rings. The van der Waals surface area contributed by atoms with Gasteiger partial charge in [0.25, 0.3) is 5.91 Å². The molecule has 1 heterocycles. The van der Waals surface area contributed by atoms with Gasteiger partial charge in [-0.05, 0) is 18.6 Å². The lowest BCUT2D eigenvalue weighted by Crippen LogP contribution is -2.13. The number of nitrogens with one attached hydrogen (secondary N) is 1. The van der Waals surface area contributed by atoms with E-state index in [1.165, 1.54) is 6.92 Å². The second-order valence-corrected chi connectivity index (χ2v) is 3.45. The smallest absolute Gasteiger partial charge is 0.271 e. The predicted octanol–water partition coefficient (Wildman–Crippen LogP) is 1.16. The van der Waals surface area contributed by atoms with Crippen LogP contribution in [0, 0.1) is 18.6 Å². The zero-order valence-corrected chi connectivity index (χ0v) is 8.79. The van der Waals surface area contributed by atoms with Gasteiger partial charge in [0, 0.05) is 11.6 Å². The molecular formula is C10H8F2N4O. The summed E-state index contributed by atoms with van der Waals surface area (Å²) in [5, 5.41) is 9.42. The molecule has 3 N–H and O–H groups in total.